The van der Waals surface area contributed by atoms with Crippen LogP contribution in [0.25, 0.3) is 0 Å². The van der Waals surface area contributed by atoms with Crippen LogP contribution in [0.2, 0.25) is 0 Å². The van der Waals surface area contributed by atoms with E-state index in [1.165, 1.54) is 4.74 Å². The normalized spacial score (nSPS) is 42.8. The predicted octanol–water partition coefficient (Wildman–Crippen LogP) is 5.74. The van der Waals surface area contributed by atoms with Crippen LogP contribution in [0.3, 0.4) is 0 Å². The maximum atomic E-state index is 15.3. The molecule has 1 N–H and O–H groups in total. The number of ether oxygens (including phenoxy) is 1. The van der Waals surface area contributed by atoms with Crippen LogP contribution in [0.15, 0.2) is 0 Å². The van der Waals surface area contributed by atoms with Gasteiger partial charge in [0.1, 0.15) is 0 Å². The second kappa shape index (κ2) is 7.03. The average molecular weight is 666 g/mol. The summed E-state index contributed by atoms with van der Waals surface area (Å²) in [7, 11) is 0. The lowest BCUT2D eigenvalue weighted by molar-refractivity contribution is -0.583. The Morgan fingerprint density at radius 2 is 0.854 bits per heavy atom. The van der Waals surface area contributed by atoms with E-state index in [0.717, 1.165) is 0 Å². The minimum Gasteiger partial charge on any atom is -0.350 e. The second-order valence-corrected chi connectivity index (χ2v) is 8.74. The summed E-state index contributed by atoms with van der Waals surface area (Å²) in [5, 5.41) is 8.45. The number of alkyl halides is 23. The molecule has 0 heterocycles. The number of rotatable bonds is 5. The van der Waals surface area contributed by atoms with Gasteiger partial charge in [0.05, 0.1) is 0 Å². The monoisotopic (exact) mass is 666 g/mol. The molecule has 6 unspecified atom stereocenters. The van der Waals surface area contributed by atoms with E-state index < -0.39 is 88.0 Å². The molecule has 240 valence electrons. The summed E-state index contributed by atoms with van der Waals surface area (Å²) in [5.41, 5.74) is -32.9. The molecule has 41 heavy (non-hydrogen) atoms. The molecule has 0 aromatic carbocycles. The van der Waals surface area contributed by atoms with Crippen LogP contribution in [-0.4, -0.2) is 93.1 Å². The summed E-state index contributed by atoms with van der Waals surface area (Å²) in [4.78, 5) is 11.7. The molecule has 4 aliphatic rings. The molecular formula is C15HF23O3. The lowest BCUT2D eigenvalue weighted by atomic mass is 9.41. The highest BCUT2D eigenvalue weighted by Crippen LogP contribution is 2.85. The number of hydrogen-bond acceptors (Lipinski definition) is 3. The standard InChI is InChI=1S/C15HF23O3/c16-2-1(39)3(17)8(24,25)4(18,6(2,20)21)9(26,27)5(19,7(2,22)23)13(3,33)41-15(37,38)12(32,40)10(28,29)11(30,31)14(34,35)36/h40H. The van der Waals surface area contributed by atoms with Crippen LogP contribution in [-0.2, 0) is 9.53 Å². The number of carbonyl (C=O) groups is 1. The van der Waals surface area contributed by atoms with Crippen LogP contribution in [0.1, 0.15) is 0 Å². The van der Waals surface area contributed by atoms with Crippen molar-refractivity contribution in [3.8, 4) is 0 Å². The highest BCUT2D eigenvalue weighted by Gasteiger charge is 3.20. The Hall–Kier alpha value is -2.02. The molecule has 0 aromatic rings. The van der Waals surface area contributed by atoms with Gasteiger partial charge >= 0.3 is 82.2 Å². The summed E-state index contributed by atoms with van der Waals surface area (Å²) in [6.45, 7) is 0. The molecule has 26 heteroatoms. The summed E-state index contributed by atoms with van der Waals surface area (Å²) in [6, 6.07) is 0. The van der Waals surface area contributed by atoms with Crippen molar-refractivity contribution in [2.24, 2.45) is 0 Å². The smallest absolute Gasteiger partial charge is 0.350 e. The molecule has 4 bridgehead atoms. The number of aliphatic hydroxyl groups is 1. The number of halogens is 23. The van der Waals surface area contributed by atoms with Gasteiger partial charge in [-0.05, 0) is 0 Å². The first-order chi connectivity index (χ1) is 17.4. The molecule has 3 nitrogen and oxygen atoms in total. The van der Waals surface area contributed by atoms with Gasteiger partial charge in [0, 0.05) is 0 Å². The number of carbonyl (C=O) groups excluding carboxylic acids is 1. The van der Waals surface area contributed by atoms with Crippen molar-refractivity contribution in [1.82, 2.24) is 0 Å². The molecular weight excluding hydrogens is 665 g/mol. The fourth-order valence-corrected chi connectivity index (χ4v) is 4.54. The number of ketones is 1. The van der Waals surface area contributed by atoms with E-state index in [1.54, 1.807) is 0 Å². The number of Topliss-reactive ketones (excluding diaryl/α,β-unsaturated/α-hetero) is 1. The van der Waals surface area contributed by atoms with E-state index >= 15 is 13.2 Å². The topological polar surface area (TPSA) is 46.5 Å². The van der Waals surface area contributed by atoms with Gasteiger partial charge in [-0.15, -0.1) is 0 Å². The molecule has 4 fully saturated rings. The second-order valence-electron chi connectivity index (χ2n) is 8.74. The minimum absolute atomic E-state index is 1.41. The van der Waals surface area contributed by atoms with Crippen LogP contribution >= 0.6 is 0 Å². The fraction of sp³-hybridized carbons (Fsp3) is 0.933. The summed E-state index contributed by atoms with van der Waals surface area (Å²) in [6.07, 6.45) is -16.7. The van der Waals surface area contributed by atoms with E-state index in [9.17, 15) is 92.6 Å². The van der Waals surface area contributed by atoms with Gasteiger partial charge in [0.15, 0.2) is 0 Å². The van der Waals surface area contributed by atoms with Crippen molar-refractivity contribution in [2.45, 2.75) is 82.2 Å². The zero-order valence-electron chi connectivity index (χ0n) is 17.5. The molecule has 0 amide bonds. The van der Waals surface area contributed by atoms with Crippen molar-refractivity contribution >= 4 is 5.78 Å². The molecule has 4 rings (SSSR count). The summed E-state index contributed by atoms with van der Waals surface area (Å²) >= 11 is 0. The first-order valence-corrected chi connectivity index (χ1v) is 9.18. The first kappa shape index (κ1) is 33.5. The van der Waals surface area contributed by atoms with E-state index in [-0.39, 0.29) is 0 Å². The molecule has 0 radical (unpaired) electrons. The fourth-order valence-electron chi connectivity index (χ4n) is 4.54. The third-order valence-electron chi connectivity index (χ3n) is 6.79. The van der Waals surface area contributed by atoms with Gasteiger partial charge in [-0.3, -0.25) is 9.53 Å². The third-order valence-corrected chi connectivity index (χ3v) is 6.79. The van der Waals surface area contributed by atoms with Crippen molar-refractivity contribution < 1.29 is 116 Å². The minimum atomic E-state index is -8.66. The van der Waals surface area contributed by atoms with Gasteiger partial charge < -0.3 is 5.11 Å². The highest BCUT2D eigenvalue weighted by atomic mass is 19.4. The molecule has 4 aliphatic carbocycles. The predicted molar refractivity (Wildman–Crippen MR) is 72.0 cm³/mol. The van der Waals surface area contributed by atoms with Crippen LogP contribution in [0, 0.1) is 0 Å². The average Bonchev–Trinajstić information content (AvgIpc) is 2.76. The number of hydrogen-bond donors (Lipinski definition) is 1. The largest absolute Gasteiger partial charge is 0.460 e. The molecule has 0 aromatic heterocycles. The van der Waals surface area contributed by atoms with E-state index in [2.05, 4.69) is 0 Å². The van der Waals surface area contributed by atoms with E-state index in [4.69, 9.17) is 5.11 Å². The maximum Gasteiger partial charge on any atom is 0.460 e. The van der Waals surface area contributed by atoms with Gasteiger partial charge in [0.25, 0.3) is 0 Å². The van der Waals surface area contributed by atoms with Crippen molar-refractivity contribution in [3.63, 3.8) is 0 Å². The van der Waals surface area contributed by atoms with Crippen LogP contribution < -0.4 is 0 Å². The SMILES string of the molecule is O=C1C2(F)C(F)(F)C3(F)C(F)(F)C1(F)C(F)(OC(F)(F)C(O)(F)C(F)(F)C(F)(F)C(F)(F)F)C(F)(C2(F)F)C3(F)F. The molecule has 0 saturated heterocycles. The zero-order valence-corrected chi connectivity index (χ0v) is 17.5. The zero-order chi connectivity index (χ0) is 33.3. The Balaban J connectivity index is 2.46. The molecule has 0 aliphatic heterocycles. The molecule has 0 spiro atoms. The summed E-state index contributed by atoms with van der Waals surface area (Å²) in [5.74, 6) is -73.1. The quantitative estimate of drug-likeness (QED) is 0.382. The van der Waals surface area contributed by atoms with Crippen LogP contribution in [0.4, 0.5) is 101 Å². The van der Waals surface area contributed by atoms with Gasteiger partial charge in [0.2, 0.25) is 5.78 Å². The third kappa shape index (κ3) is 2.44. The highest BCUT2D eigenvalue weighted by molar-refractivity contribution is 6.04. The Morgan fingerprint density at radius 1 is 0.512 bits per heavy atom. The van der Waals surface area contributed by atoms with Crippen molar-refractivity contribution in [2.75, 3.05) is 0 Å². The summed E-state index contributed by atoms with van der Waals surface area (Å²) < 4.78 is 322. The first-order valence-electron chi connectivity index (χ1n) is 9.18. The Bertz CT molecular complexity index is 1190. The van der Waals surface area contributed by atoms with E-state index in [1.807, 2.05) is 0 Å². The van der Waals surface area contributed by atoms with Crippen molar-refractivity contribution in [1.29, 1.82) is 0 Å². The Morgan fingerprint density at radius 3 is 1.22 bits per heavy atom. The maximum absolute atomic E-state index is 15.3. The van der Waals surface area contributed by atoms with Crippen molar-refractivity contribution in [3.05, 3.63) is 0 Å². The lowest BCUT2D eigenvalue weighted by Gasteiger charge is -2.71. The van der Waals surface area contributed by atoms with Gasteiger partial charge in [-0.1, -0.05) is 0 Å². The molecule has 6 atom stereocenters. The molecule has 4 saturated carbocycles. The lowest BCUT2D eigenvalue weighted by Crippen LogP contribution is -3.07. The Kier molecular flexibility index (Phi) is 5.74. The van der Waals surface area contributed by atoms with Crippen LogP contribution in [0.5, 0.6) is 0 Å². The van der Waals surface area contributed by atoms with Gasteiger partial charge in [-0.2, -0.15) is 79.0 Å². The van der Waals surface area contributed by atoms with Gasteiger partial charge in [-0.25, -0.2) is 22.0 Å². The van der Waals surface area contributed by atoms with E-state index in [0.29, 0.717) is 0 Å². The Labute approximate surface area is 205 Å².